The smallest absolute Gasteiger partial charge is 0.131 e. The van der Waals surface area contributed by atoms with E-state index in [0.29, 0.717) is 6.42 Å². The number of nitrogens with zero attached hydrogens (tertiary/aromatic N) is 1. The molecule has 0 aliphatic heterocycles. The molecule has 18 heavy (non-hydrogen) atoms. The normalized spacial score (nSPS) is 25.9. The van der Waals surface area contributed by atoms with Gasteiger partial charge in [0.2, 0.25) is 0 Å². The number of carbonyl (C=O) groups is 2. The van der Waals surface area contributed by atoms with Crippen LogP contribution in [0.2, 0.25) is 0 Å². The Bertz CT molecular complexity index is 650. The Morgan fingerprint density at radius 3 is 2.78 bits per heavy atom. The lowest BCUT2D eigenvalue weighted by molar-refractivity contribution is -0.113. The molecule has 1 aromatic heterocycles. The van der Waals surface area contributed by atoms with Crippen LogP contribution in [0.3, 0.4) is 0 Å². The van der Waals surface area contributed by atoms with Crippen LogP contribution in [0.4, 0.5) is 0 Å². The molecule has 3 nitrogen and oxygen atoms in total. The average Bonchev–Trinajstić information content (AvgIpc) is 3.13. The molecule has 0 spiro atoms. The summed E-state index contributed by atoms with van der Waals surface area (Å²) in [7, 11) is 0. The quantitative estimate of drug-likeness (QED) is 0.771. The molecular weight excluding hydrogens is 226 g/mol. The fourth-order valence-electron chi connectivity index (χ4n) is 2.53. The van der Waals surface area contributed by atoms with E-state index in [4.69, 9.17) is 0 Å². The largest absolute Gasteiger partial charge is 0.303 e. The van der Waals surface area contributed by atoms with E-state index >= 15 is 0 Å². The minimum atomic E-state index is -0.583. The Morgan fingerprint density at radius 2 is 2.11 bits per heavy atom. The van der Waals surface area contributed by atoms with Crippen molar-refractivity contribution < 1.29 is 9.59 Å². The predicted molar refractivity (Wildman–Crippen MR) is 68.4 cm³/mol. The molecule has 0 radical (unpaired) electrons. The monoisotopic (exact) mass is 239 g/mol. The van der Waals surface area contributed by atoms with Crippen molar-refractivity contribution in [3.63, 3.8) is 0 Å². The SMILES string of the molecule is Cc1ccc2cc(C3(C=O)CC3C=O)ccc2n1. The summed E-state index contributed by atoms with van der Waals surface area (Å²) >= 11 is 0. The van der Waals surface area contributed by atoms with Crippen molar-refractivity contribution in [2.75, 3.05) is 0 Å². The second kappa shape index (κ2) is 3.73. The molecule has 0 bridgehead atoms. The predicted octanol–water partition coefficient (Wildman–Crippen LogP) is 2.20. The molecule has 2 unspecified atom stereocenters. The summed E-state index contributed by atoms with van der Waals surface area (Å²) in [6.45, 7) is 1.95. The first kappa shape index (κ1) is 11.1. The number of carbonyl (C=O) groups excluding carboxylic acids is 2. The zero-order valence-corrected chi connectivity index (χ0v) is 10.1. The fraction of sp³-hybridized carbons (Fsp3) is 0.267. The van der Waals surface area contributed by atoms with Crippen LogP contribution < -0.4 is 0 Å². The first-order chi connectivity index (χ1) is 8.69. The van der Waals surface area contributed by atoms with Gasteiger partial charge in [0.25, 0.3) is 0 Å². The first-order valence-corrected chi connectivity index (χ1v) is 5.99. The van der Waals surface area contributed by atoms with Crippen molar-refractivity contribution in [2.45, 2.75) is 18.8 Å². The summed E-state index contributed by atoms with van der Waals surface area (Å²) in [6, 6.07) is 9.75. The third-order valence-electron chi connectivity index (χ3n) is 3.80. The molecule has 1 aliphatic rings. The lowest BCUT2D eigenvalue weighted by atomic mass is 9.94. The van der Waals surface area contributed by atoms with Crippen LogP contribution in [-0.4, -0.2) is 17.6 Å². The second-order valence-corrected chi connectivity index (χ2v) is 4.97. The van der Waals surface area contributed by atoms with Crippen molar-refractivity contribution in [1.82, 2.24) is 4.98 Å². The molecule has 3 heteroatoms. The maximum absolute atomic E-state index is 11.3. The number of aldehydes is 2. The maximum atomic E-state index is 11.3. The van der Waals surface area contributed by atoms with E-state index in [9.17, 15) is 9.59 Å². The van der Waals surface area contributed by atoms with Crippen molar-refractivity contribution in [1.29, 1.82) is 0 Å². The number of pyridine rings is 1. The van der Waals surface area contributed by atoms with Crippen molar-refractivity contribution in [3.05, 3.63) is 41.6 Å². The molecular formula is C15H13NO2. The highest BCUT2D eigenvalue weighted by molar-refractivity contribution is 5.87. The molecule has 2 atom stereocenters. The van der Waals surface area contributed by atoms with E-state index < -0.39 is 5.41 Å². The topological polar surface area (TPSA) is 47.0 Å². The van der Waals surface area contributed by atoms with Crippen molar-refractivity contribution in [3.8, 4) is 0 Å². The van der Waals surface area contributed by atoms with Crippen LogP contribution in [0.15, 0.2) is 30.3 Å². The van der Waals surface area contributed by atoms with Gasteiger partial charge >= 0.3 is 0 Å². The maximum Gasteiger partial charge on any atom is 0.131 e. The van der Waals surface area contributed by atoms with Gasteiger partial charge < -0.3 is 9.59 Å². The van der Waals surface area contributed by atoms with Gasteiger partial charge in [-0.05, 0) is 37.1 Å². The molecule has 1 aromatic carbocycles. The fourth-order valence-corrected chi connectivity index (χ4v) is 2.53. The number of fused-ring (bicyclic) bond motifs is 1. The summed E-state index contributed by atoms with van der Waals surface area (Å²) in [6.07, 6.45) is 2.42. The minimum Gasteiger partial charge on any atom is -0.303 e. The first-order valence-electron chi connectivity index (χ1n) is 5.99. The molecule has 1 aliphatic carbocycles. The van der Waals surface area contributed by atoms with Gasteiger partial charge in [0.1, 0.15) is 12.6 Å². The van der Waals surface area contributed by atoms with Gasteiger partial charge in [0.05, 0.1) is 10.9 Å². The molecule has 1 fully saturated rings. The molecule has 2 aromatic rings. The summed E-state index contributed by atoms with van der Waals surface area (Å²) in [5.74, 6) is -0.161. The van der Waals surface area contributed by atoms with Gasteiger partial charge in [-0.3, -0.25) is 4.98 Å². The molecule has 90 valence electrons. The van der Waals surface area contributed by atoms with Crippen LogP contribution in [0.25, 0.3) is 10.9 Å². The summed E-state index contributed by atoms with van der Waals surface area (Å²) < 4.78 is 0. The van der Waals surface area contributed by atoms with E-state index in [1.54, 1.807) is 0 Å². The molecule has 0 saturated heterocycles. The van der Waals surface area contributed by atoms with Gasteiger partial charge in [-0.15, -0.1) is 0 Å². The van der Waals surface area contributed by atoms with E-state index in [1.807, 2.05) is 37.3 Å². The summed E-state index contributed by atoms with van der Waals surface area (Å²) in [4.78, 5) is 26.6. The summed E-state index contributed by atoms with van der Waals surface area (Å²) in [5, 5.41) is 1.01. The van der Waals surface area contributed by atoms with Crippen molar-refractivity contribution in [2.24, 2.45) is 5.92 Å². The number of aryl methyl sites for hydroxylation is 1. The van der Waals surface area contributed by atoms with E-state index in [-0.39, 0.29) is 5.92 Å². The van der Waals surface area contributed by atoms with Crippen LogP contribution in [0.1, 0.15) is 17.7 Å². The highest BCUT2D eigenvalue weighted by atomic mass is 16.1. The minimum absolute atomic E-state index is 0.161. The lowest BCUT2D eigenvalue weighted by Gasteiger charge is -2.09. The van der Waals surface area contributed by atoms with E-state index in [1.165, 1.54) is 0 Å². The number of benzene rings is 1. The van der Waals surface area contributed by atoms with E-state index in [0.717, 1.165) is 34.7 Å². The van der Waals surface area contributed by atoms with Gasteiger partial charge in [0.15, 0.2) is 0 Å². The zero-order chi connectivity index (χ0) is 12.8. The Morgan fingerprint density at radius 1 is 1.28 bits per heavy atom. The van der Waals surface area contributed by atoms with Gasteiger partial charge in [-0.2, -0.15) is 0 Å². The summed E-state index contributed by atoms with van der Waals surface area (Å²) in [5.41, 5.74) is 2.23. The van der Waals surface area contributed by atoms with Gasteiger partial charge in [0, 0.05) is 17.0 Å². The lowest BCUT2D eigenvalue weighted by Crippen LogP contribution is -2.12. The zero-order valence-electron chi connectivity index (χ0n) is 10.1. The van der Waals surface area contributed by atoms with E-state index in [2.05, 4.69) is 4.98 Å². The Balaban J connectivity index is 2.12. The molecule has 1 heterocycles. The number of aromatic nitrogens is 1. The van der Waals surface area contributed by atoms with Gasteiger partial charge in [-0.25, -0.2) is 0 Å². The number of rotatable bonds is 3. The number of hydrogen-bond acceptors (Lipinski definition) is 3. The number of hydrogen-bond donors (Lipinski definition) is 0. The van der Waals surface area contributed by atoms with Crippen molar-refractivity contribution >= 4 is 23.5 Å². The molecule has 3 rings (SSSR count). The highest BCUT2D eigenvalue weighted by Crippen LogP contribution is 2.51. The standard InChI is InChI=1S/C15H13NO2/c1-10-2-3-11-6-12(4-5-14(11)16-10)15(9-18)7-13(15)8-17/h2-6,8-9,13H,7H2,1H3. The molecule has 0 N–H and O–H groups in total. The Hall–Kier alpha value is -2.03. The Labute approximate surface area is 105 Å². The highest BCUT2D eigenvalue weighted by Gasteiger charge is 2.55. The van der Waals surface area contributed by atoms with Gasteiger partial charge in [-0.1, -0.05) is 12.1 Å². The average molecular weight is 239 g/mol. The third kappa shape index (κ3) is 1.47. The second-order valence-electron chi connectivity index (χ2n) is 4.97. The van der Waals surface area contributed by atoms with Crippen LogP contribution in [0.5, 0.6) is 0 Å². The molecule has 1 saturated carbocycles. The molecule has 0 amide bonds. The van der Waals surface area contributed by atoms with Crippen LogP contribution >= 0.6 is 0 Å². The van der Waals surface area contributed by atoms with Crippen LogP contribution in [0, 0.1) is 12.8 Å². The Kier molecular flexibility index (Phi) is 2.30. The van der Waals surface area contributed by atoms with Crippen LogP contribution in [-0.2, 0) is 15.0 Å². The third-order valence-corrected chi connectivity index (χ3v) is 3.80.